The number of nitrogens with zero attached hydrogens (tertiary/aromatic N) is 1. The number of ether oxygens (including phenoxy) is 2. The lowest BCUT2D eigenvalue weighted by Gasteiger charge is -2.35. The van der Waals surface area contributed by atoms with Gasteiger partial charge in [-0.3, -0.25) is 4.79 Å². The Labute approximate surface area is 161 Å². The summed E-state index contributed by atoms with van der Waals surface area (Å²) in [5.74, 6) is 1.06. The Balaban J connectivity index is 1.75. The van der Waals surface area contributed by atoms with Gasteiger partial charge in [-0.2, -0.15) is 0 Å². The highest BCUT2D eigenvalue weighted by molar-refractivity contribution is 5.84. The molecule has 0 saturated heterocycles. The minimum atomic E-state index is -0.633. The molecule has 28 heavy (non-hydrogen) atoms. The molecule has 2 heterocycles. The standard InChI is InChI=1S/C21H20N2O5/c1-22-21(25)19-12-23(16-5-3-4-6-17(16)27-19)11-13-9-20(24)28-18-10-14(26-2)7-8-15(13)18/h3-10,19H,11-12H2,1-2H3,(H,22,25)/t19-/m0/s1. The number of carbonyl (C=O) groups excluding carboxylic acids is 1. The molecule has 7 heteroatoms. The predicted molar refractivity (Wildman–Crippen MR) is 105 cm³/mol. The van der Waals surface area contributed by atoms with Gasteiger partial charge in [-0.15, -0.1) is 0 Å². The second-order valence-corrected chi connectivity index (χ2v) is 6.52. The van der Waals surface area contributed by atoms with Crippen LogP contribution in [0.1, 0.15) is 5.56 Å². The highest BCUT2D eigenvalue weighted by Crippen LogP contribution is 2.35. The lowest BCUT2D eigenvalue weighted by atomic mass is 10.1. The maximum absolute atomic E-state index is 12.2. The number of anilines is 1. The molecule has 1 aromatic heterocycles. The number of amides is 1. The van der Waals surface area contributed by atoms with Gasteiger partial charge >= 0.3 is 5.63 Å². The molecule has 144 valence electrons. The van der Waals surface area contributed by atoms with Crippen LogP contribution in [0, 0.1) is 0 Å². The quantitative estimate of drug-likeness (QED) is 0.700. The predicted octanol–water partition coefficient (Wildman–Crippen LogP) is 2.32. The summed E-state index contributed by atoms with van der Waals surface area (Å²) in [6.07, 6.45) is -0.633. The topological polar surface area (TPSA) is 81.0 Å². The van der Waals surface area contributed by atoms with Gasteiger partial charge in [0.1, 0.15) is 17.1 Å². The van der Waals surface area contributed by atoms with E-state index in [0.29, 0.717) is 30.2 Å². The summed E-state index contributed by atoms with van der Waals surface area (Å²) < 4.78 is 16.4. The van der Waals surface area contributed by atoms with Crippen molar-refractivity contribution in [3.8, 4) is 11.5 Å². The van der Waals surface area contributed by atoms with Gasteiger partial charge in [0.15, 0.2) is 6.10 Å². The fourth-order valence-electron chi connectivity index (χ4n) is 3.43. The molecule has 7 nitrogen and oxygen atoms in total. The Hall–Kier alpha value is -3.48. The van der Waals surface area contributed by atoms with E-state index in [1.807, 2.05) is 41.3 Å². The molecular formula is C21H20N2O5. The zero-order chi connectivity index (χ0) is 19.7. The lowest BCUT2D eigenvalue weighted by molar-refractivity contribution is -0.127. The van der Waals surface area contributed by atoms with Crippen LogP contribution in [0.25, 0.3) is 11.0 Å². The van der Waals surface area contributed by atoms with E-state index in [4.69, 9.17) is 13.9 Å². The van der Waals surface area contributed by atoms with Crippen LogP contribution >= 0.6 is 0 Å². The van der Waals surface area contributed by atoms with Crippen LogP contribution in [0.2, 0.25) is 0 Å². The molecule has 0 spiro atoms. The number of fused-ring (bicyclic) bond motifs is 2. The zero-order valence-electron chi connectivity index (χ0n) is 15.6. The minimum Gasteiger partial charge on any atom is -0.497 e. The minimum absolute atomic E-state index is 0.193. The van der Waals surface area contributed by atoms with Crippen molar-refractivity contribution in [2.75, 3.05) is 25.6 Å². The SMILES string of the molecule is CNC(=O)[C@@H]1CN(Cc2cc(=O)oc3cc(OC)ccc23)c2ccccc2O1. The molecule has 0 unspecified atom stereocenters. The number of nitrogens with one attached hydrogen (secondary N) is 1. The van der Waals surface area contributed by atoms with Gasteiger partial charge in [0.05, 0.1) is 19.3 Å². The van der Waals surface area contributed by atoms with E-state index in [1.54, 1.807) is 20.2 Å². The normalized spacial score (nSPS) is 15.6. The van der Waals surface area contributed by atoms with Gasteiger partial charge in [0.25, 0.3) is 5.91 Å². The Morgan fingerprint density at radius 1 is 1.25 bits per heavy atom. The molecule has 1 atom stereocenters. The van der Waals surface area contributed by atoms with E-state index in [1.165, 1.54) is 6.07 Å². The molecule has 2 aromatic carbocycles. The Kier molecular flexibility index (Phi) is 4.65. The van der Waals surface area contributed by atoms with Crippen molar-refractivity contribution >= 4 is 22.6 Å². The molecule has 1 aliphatic heterocycles. The third-order valence-corrected chi connectivity index (χ3v) is 4.80. The van der Waals surface area contributed by atoms with Crippen molar-refractivity contribution in [3.63, 3.8) is 0 Å². The first-order chi connectivity index (χ1) is 13.6. The summed E-state index contributed by atoms with van der Waals surface area (Å²) in [6.45, 7) is 0.802. The zero-order valence-corrected chi connectivity index (χ0v) is 15.6. The smallest absolute Gasteiger partial charge is 0.336 e. The molecular weight excluding hydrogens is 360 g/mol. The van der Waals surface area contributed by atoms with E-state index in [0.717, 1.165) is 16.6 Å². The lowest BCUT2D eigenvalue weighted by Crippen LogP contribution is -2.48. The van der Waals surface area contributed by atoms with Crippen LogP contribution in [0.4, 0.5) is 5.69 Å². The largest absolute Gasteiger partial charge is 0.497 e. The van der Waals surface area contributed by atoms with Gasteiger partial charge in [-0.05, 0) is 29.8 Å². The first kappa shape index (κ1) is 17.9. The Bertz CT molecular complexity index is 1090. The van der Waals surface area contributed by atoms with Crippen molar-refractivity contribution in [1.82, 2.24) is 5.32 Å². The number of para-hydroxylation sites is 2. The van der Waals surface area contributed by atoms with E-state index in [-0.39, 0.29) is 5.91 Å². The number of hydrogen-bond acceptors (Lipinski definition) is 6. The van der Waals surface area contributed by atoms with Gasteiger partial charge in [-0.25, -0.2) is 4.79 Å². The fourth-order valence-corrected chi connectivity index (χ4v) is 3.43. The van der Waals surface area contributed by atoms with Gasteiger partial charge in [0, 0.05) is 31.1 Å². The van der Waals surface area contributed by atoms with Crippen LogP contribution in [0.3, 0.4) is 0 Å². The number of rotatable bonds is 4. The van der Waals surface area contributed by atoms with E-state index in [2.05, 4.69) is 5.32 Å². The van der Waals surface area contributed by atoms with Crippen LogP contribution in [0.5, 0.6) is 11.5 Å². The molecule has 0 radical (unpaired) electrons. The summed E-state index contributed by atoms with van der Waals surface area (Å²) >= 11 is 0. The number of likely N-dealkylation sites (N-methyl/N-ethyl adjacent to an activating group) is 1. The highest BCUT2D eigenvalue weighted by Gasteiger charge is 2.30. The molecule has 1 N–H and O–H groups in total. The fraction of sp³-hybridized carbons (Fsp3) is 0.238. The van der Waals surface area contributed by atoms with Crippen molar-refractivity contribution < 1.29 is 18.7 Å². The third-order valence-electron chi connectivity index (χ3n) is 4.80. The Morgan fingerprint density at radius 3 is 2.86 bits per heavy atom. The van der Waals surface area contributed by atoms with E-state index >= 15 is 0 Å². The molecule has 0 bridgehead atoms. The van der Waals surface area contributed by atoms with Crippen LogP contribution in [-0.4, -0.2) is 32.7 Å². The van der Waals surface area contributed by atoms with Crippen molar-refractivity contribution in [1.29, 1.82) is 0 Å². The van der Waals surface area contributed by atoms with Gasteiger partial charge in [-0.1, -0.05) is 12.1 Å². The molecule has 1 amide bonds. The van der Waals surface area contributed by atoms with Crippen molar-refractivity contribution in [2.24, 2.45) is 0 Å². The number of benzene rings is 2. The maximum Gasteiger partial charge on any atom is 0.336 e. The molecule has 0 fully saturated rings. The number of carbonyl (C=O) groups is 1. The van der Waals surface area contributed by atoms with E-state index in [9.17, 15) is 9.59 Å². The van der Waals surface area contributed by atoms with Crippen LogP contribution in [0.15, 0.2) is 57.7 Å². The molecule has 4 rings (SSSR count). The molecule has 1 aliphatic rings. The van der Waals surface area contributed by atoms with Gasteiger partial charge < -0.3 is 24.1 Å². The summed E-state index contributed by atoms with van der Waals surface area (Å²) in [7, 11) is 3.15. The summed E-state index contributed by atoms with van der Waals surface area (Å²) in [5.41, 5.74) is 1.71. The van der Waals surface area contributed by atoms with Crippen molar-refractivity contribution in [2.45, 2.75) is 12.6 Å². The average Bonchev–Trinajstić information content (AvgIpc) is 2.72. The van der Waals surface area contributed by atoms with Crippen LogP contribution in [-0.2, 0) is 11.3 Å². The van der Waals surface area contributed by atoms with Crippen LogP contribution < -0.4 is 25.3 Å². The summed E-state index contributed by atoms with van der Waals surface area (Å²) in [5, 5.41) is 3.45. The van der Waals surface area contributed by atoms with E-state index < -0.39 is 11.7 Å². The number of methoxy groups -OCH3 is 1. The second-order valence-electron chi connectivity index (χ2n) is 6.52. The maximum atomic E-state index is 12.2. The first-order valence-electron chi connectivity index (χ1n) is 8.92. The summed E-state index contributed by atoms with van der Waals surface area (Å²) in [6, 6.07) is 14.4. The first-order valence-corrected chi connectivity index (χ1v) is 8.92. The highest BCUT2D eigenvalue weighted by atomic mass is 16.5. The average molecular weight is 380 g/mol. The second kappa shape index (κ2) is 7.26. The molecule has 0 aliphatic carbocycles. The molecule has 3 aromatic rings. The molecule has 0 saturated carbocycles. The summed E-state index contributed by atoms with van der Waals surface area (Å²) in [4.78, 5) is 26.3. The number of hydrogen-bond donors (Lipinski definition) is 1. The van der Waals surface area contributed by atoms with Gasteiger partial charge in [0.2, 0.25) is 0 Å². The van der Waals surface area contributed by atoms with Crippen molar-refractivity contribution in [3.05, 3.63) is 64.5 Å². The third kappa shape index (κ3) is 3.26. The Morgan fingerprint density at radius 2 is 2.07 bits per heavy atom. The monoisotopic (exact) mass is 380 g/mol.